The number of hydrogen-bond acceptors (Lipinski definition) is 5. The third-order valence-electron chi connectivity index (χ3n) is 6.46. The quantitative estimate of drug-likeness (QED) is 0.142. The van der Waals surface area contributed by atoms with E-state index in [0.717, 1.165) is 46.6 Å². The number of aryl methyl sites for hydroxylation is 4. The van der Waals surface area contributed by atoms with Gasteiger partial charge in [0.2, 0.25) is 0 Å². The minimum absolute atomic E-state index is 0.0169. The summed E-state index contributed by atoms with van der Waals surface area (Å²) < 4.78 is 3.77. The zero-order valence-electron chi connectivity index (χ0n) is 19.7. The van der Waals surface area contributed by atoms with E-state index in [0.29, 0.717) is 17.3 Å². The van der Waals surface area contributed by atoms with Crippen molar-refractivity contribution in [3.8, 4) is 5.69 Å². The second-order valence-electron chi connectivity index (χ2n) is 8.80. The van der Waals surface area contributed by atoms with Crippen molar-refractivity contribution >= 4 is 39.1 Å². The molecule has 0 amide bonds. The number of allylic oxidation sites excluding steroid dienone is 1. The monoisotopic (exact) mass is 489 g/mol. The summed E-state index contributed by atoms with van der Waals surface area (Å²) in [4.78, 5) is 33.5. The Kier molecular flexibility index (Phi) is 6.08. The van der Waals surface area contributed by atoms with Crippen molar-refractivity contribution in [2.75, 3.05) is 5.75 Å². The second kappa shape index (κ2) is 9.04. The highest BCUT2D eigenvalue weighted by atomic mass is 32.2. The second-order valence-corrected chi connectivity index (χ2v) is 10.8. The van der Waals surface area contributed by atoms with E-state index in [1.54, 1.807) is 22.0 Å². The van der Waals surface area contributed by atoms with Crippen molar-refractivity contribution in [2.45, 2.75) is 51.7 Å². The first-order valence-corrected chi connectivity index (χ1v) is 13.3. The number of carbonyl (C=O) groups is 1. The first-order valence-electron chi connectivity index (χ1n) is 11.5. The van der Waals surface area contributed by atoms with E-state index in [2.05, 4.69) is 42.3 Å². The Labute approximate surface area is 207 Å². The van der Waals surface area contributed by atoms with Crippen LogP contribution in [-0.2, 0) is 19.4 Å². The van der Waals surface area contributed by atoms with Crippen LogP contribution in [0.2, 0.25) is 0 Å². The summed E-state index contributed by atoms with van der Waals surface area (Å²) in [6, 6.07) is 10.3. The number of carbonyl (C=O) groups excluding carboxylic acids is 1. The van der Waals surface area contributed by atoms with Crippen LogP contribution in [0.3, 0.4) is 0 Å². The van der Waals surface area contributed by atoms with Gasteiger partial charge >= 0.3 is 0 Å². The molecule has 0 saturated carbocycles. The lowest BCUT2D eigenvalue weighted by atomic mass is 10.2. The van der Waals surface area contributed by atoms with E-state index in [1.165, 1.54) is 27.8 Å². The van der Waals surface area contributed by atoms with Crippen LogP contribution in [0.5, 0.6) is 0 Å². The Morgan fingerprint density at radius 2 is 1.97 bits per heavy atom. The molecule has 0 saturated heterocycles. The molecule has 34 heavy (non-hydrogen) atoms. The molecule has 3 heterocycles. The first kappa shape index (κ1) is 22.9. The molecule has 4 aromatic rings. The van der Waals surface area contributed by atoms with Crippen LogP contribution in [0.25, 0.3) is 15.9 Å². The predicted molar refractivity (Wildman–Crippen MR) is 141 cm³/mol. The summed E-state index contributed by atoms with van der Waals surface area (Å²) in [5.74, 6) is 0.253. The Morgan fingerprint density at radius 1 is 1.21 bits per heavy atom. The van der Waals surface area contributed by atoms with Gasteiger partial charge in [0, 0.05) is 34.1 Å². The molecule has 5 rings (SSSR count). The first-order chi connectivity index (χ1) is 16.4. The minimum Gasteiger partial charge on any atom is -0.318 e. The van der Waals surface area contributed by atoms with Crippen molar-refractivity contribution in [1.82, 2.24) is 14.1 Å². The number of thioether (sulfide) groups is 1. The maximum atomic E-state index is 13.3. The fourth-order valence-corrected chi connectivity index (χ4v) is 7.00. The smallest absolute Gasteiger partial charge is 0.263 e. The van der Waals surface area contributed by atoms with Crippen LogP contribution in [0.4, 0.5) is 0 Å². The molecular weight excluding hydrogens is 462 g/mol. The van der Waals surface area contributed by atoms with Crippen LogP contribution in [-0.4, -0.2) is 25.7 Å². The van der Waals surface area contributed by atoms with E-state index in [4.69, 9.17) is 4.98 Å². The Balaban J connectivity index is 1.45. The maximum absolute atomic E-state index is 13.3. The molecule has 7 heteroatoms. The lowest BCUT2D eigenvalue weighted by Crippen LogP contribution is -2.23. The van der Waals surface area contributed by atoms with Crippen LogP contribution < -0.4 is 5.56 Å². The van der Waals surface area contributed by atoms with Crippen LogP contribution in [0, 0.1) is 20.8 Å². The van der Waals surface area contributed by atoms with Crippen LogP contribution >= 0.6 is 23.1 Å². The van der Waals surface area contributed by atoms with E-state index in [-0.39, 0.29) is 17.1 Å². The van der Waals surface area contributed by atoms with Gasteiger partial charge in [-0.15, -0.1) is 17.9 Å². The summed E-state index contributed by atoms with van der Waals surface area (Å²) >= 11 is 2.96. The van der Waals surface area contributed by atoms with Crippen LogP contribution in [0.15, 0.2) is 52.9 Å². The van der Waals surface area contributed by atoms with Crippen molar-refractivity contribution in [1.29, 1.82) is 0 Å². The Morgan fingerprint density at radius 3 is 2.71 bits per heavy atom. The molecule has 0 radical (unpaired) electrons. The fourth-order valence-electron chi connectivity index (χ4n) is 4.80. The van der Waals surface area contributed by atoms with Crippen molar-refractivity contribution in [3.05, 3.63) is 86.3 Å². The van der Waals surface area contributed by atoms with Gasteiger partial charge in [-0.25, -0.2) is 4.98 Å². The maximum Gasteiger partial charge on any atom is 0.263 e. The molecule has 1 aliphatic carbocycles. The zero-order valence-corrected chi connectivity index (χ0v) is 21.3. The number of hydrogen-bond donors (Lipinski definition) is 0. The molecule has 0 N–H and O–H groups in total. The lowest BCUT2D eigenvalue weighted by Gasteiger charge is -2.11. The van der Waals surface area contributed by atoms with E-state index in [9.17, 15) is 9.59 Å². The van der Waals surface area contributed by atoms with E-state index < -0.39 is 0 Å². The number of thiophene rings is 1. The molecule has 0 unspecified atom stereocenters. The van der Waals surface area contributed by atoms with Gasteiger partial charge < -0.3 is 4.57 Å². The van der Waals surface area contributed by atoms with Gasteiger partial charge in [0.25, 0.3) is 5.56 Å². The van der Waals surface area contributed by atoms with Crippen molar-refractivity contribution < 1.29 is 4.79 Å². The van der Waals surface area contributed by atoms with Crippen LogP contribution in [0.1, 0.15) is 44.2 Å². The summed E-state index contributed by atoms with van der Waals surface area (Å²) in [5.41, 5.74) is 6.05. The van der Waals surface area contributed by atoms with Gasteiger partial charge in [-0.1, -0.05) is 35.5 Å². The largest absolute Gasteiger partial charge is 0.318 e. The molecule has 5 nitrogen and oxygen atoms in total. The summed E-state index contributed by atoms with van der Waals surface area (Å²) in [6.45, 7) is 10.3. The molecule has 1 aromatic carbocycles. The SMILES string of the molecule is C=CCn1c(SCC(=O)c2cc(C)n(-c3ccc(C)cc3)c2C)nc2sc3c(c2c1=O)CCC3. The van der Waals surface area contributed by atoms with Gasteiger partial charge in [-0.3, -0.25) is 14.2 Å². The average molecular weight is 490 g/mol. The summed E-state index contributed by atoms with van der Waals surface area (Å²) in [6.07, 6.45) is 4.78. The Bertz CT molecular complexity index is 1490. The standard InChI is InChI=1S/C27H27N3O2S2/c1-5-13-29-26(32)24-20-7-6-8-23(20)34-25(24)28-27(29)33-15-22(31)21-14-17(3)30(18(21)4)19-11-9-16(2)10-12-19/h5,9-12,14H,1,6-8,13,15H2,2-4H3. The van der Waals surface area contributed by atoms with E-state index in [1.807, 2.05) is 19.9 Å². The molecule has 0 spiro atoms. The third-order valence-corrected chi connectivity index (χ3v) is 8.62. The highest BCUT2D eigenvalue weighted by Gasteiger charge is 2.24. The molecule has 3 aromatic heterocycles. The van der Waals surface area contributed by atoms with Gasteiger partial charge in [0.1, 0.15) is 4.83 Å². The highest BCUT2D eigenvalue weighted by Crippen LogP contribution is 2.35. The predicted octanol–water partition coefficient (Wildman–Crippen LogP) is 5.82. The molecule has 0 atom stereocenters. The number of ketones is 1. The lowest BCUT2D eigenvalue weighted by molar-refractivity contribution is 0.102. The molecule has 174 valence electrons. The fraction of sp³-hybridized carbons (Fsp3) is 0.296. The molecule has 0 bridgehead atoms. The number of nitrogens with zero attached hydrogens (tertiary/aromatic N) is 3. The number of rotatable bonds is 7. The normalized spacial score (nSPS) is 12.9. The minimum atomic E-state index is -0.0169. The number of benzene rings is 1. The zero-order chi connectivity index (χ0) is 24.0. The molecular formula is C27H27N3O2S2. The van der Waals surface area contributed by atoms with Gasteiger partial charge in [-0.2, -0.15) is 0 Å². The van der Waals surface area contributed by atoms with Gasteiger partial charge in [0.05, 0.1) is 11.1 Å². The molecule has 0 aliphatic heterocycles. The highest BCUT2D eigenvalue weighted by molar-refractivity contribution is 7.99. The molecule has 1 aliphatic rings. The van der Waals surface area contributed by atoms with Crippen molar-refractivity contribution in [2.24, 2.45) is 0 Å². The van der Waals surface area contributed by atoms with Gasteiger partial charge in [0.15, 0.2) is 10.9 Å². The topological polar surface area (TPSA) is 56.9 Å². The third kappa shape index (κ3) is 3.87. The Hall–Kier alpha value is -2.90. The average Bonchev–Trinajstić information content (AvgIpc) is 3.48. The number of Topliss-reactive ketones (excluding diaryl/α,β-unsaturated/α-hetero) is 1. The van der Waals surface area contributed by atoms with Gasteiger partial charge in [-0.05, 0) is 63.8 Å². The number of aromatic nitrogens is 3. The summed E-state index contributed by atoms with van der Waals surface area (Å²) in [7, 11) is 0. The van der Waals surface area contributed by atoms with E-state index >= 15 is 0 Å². The summed E-state index contributed by atoms with van der Waals surface area (Å²) in [5, 5.41) is 1.34. The van der Waals surface area contributed by atoms with Crippen molar-refractivity contribution in [3.63, 3.8) is 0 Å². The molecule has 0 fully saturated rings. The number of fused-ring (bicyclic) bond motifs is 3.